The van der Waals surface area contributed by atoms with Gasteiger partial charge in [-0.25, -0.2) is 13.8 Å². The first kappa shape index (κ1) is 29.1. The molecule has 6 atom stereocenters. The number of esters is 1. The predicted octanol–water partition coefficient (Wildman–Crippen LogP) is 1.43. The molecule has 214 valence electrons. The number of aliphatic hydroxyl groups is 1. The Morgan fingerprint density at radius 2 is 1.97 bits per heavy atom. The highest BCUT2D eigenvalue weighted by atomic mass is 31.2. The summed E-state index contributed by atoms with van der Waals surface area (Å²) in [6.45, 7) is 1.79. The van der Waals surface area contributed by atoms with Gasteiger partial charge in [0.15, 0.2) is 11.9 Å². The lowest BCUT2D eigenvalue weighted by molar-refractivity contribution is -0.162. The van der Waals surface area contributed by atoms with Gasteiger partial charge < -0.3 is 23.8 Å². The van der Waals surface area contributed by atoms with Crippen molar-refractivity contribution in [2.75, 3.05) is 13.7 Å². The van der Waals surface area contributed by atoms with Crippen molar-refractivity contribution < 1.29 is 42.1 Å². The topological polar surface area (TPSA) is 167 Å². The summed E-state index contributed by atoms with van der Waals surface area (Å²) in [6.07, 6.45) is -3.04. The number of ether oxygens (including phenoxy) is 3. The van der Waals surface area contributed by atoms with E-state index in [1.54, 1.807) is 25.3 Å². The second kappa shape index (κ2) is 11.7. The number of halogens is 1. The number of nitrogens with one attached hydrogen (secondary N) is 2. The summed E-state index contributed by atoms with van der Waals surface area (Å²) in [4.78, 5) is 38.2. The molecular formula is C24H31FN3O10P. The second-order valence-corrected chi connectivity index (χ2v) is 11.3. The minimum atomic E-state index is -4.34. The average Bonchev–Trinajstić information content (AvgIpc) is 3.08. The third kappa shape index (κ3) is 6.65. The first-order chi connectivity index (χ1) is 18.4. The highest BCUT2D eigenvalue weighted by Gasteiger charge is 2.56. The molecule has 0 radical (unpaired) electrons. The van der Waals surface area contributed by atoms with Crippen molar-refractivity contribution in [3.63, 3.8) is 0 Å². The molecule has 3 N–H and O–H groups in total. The molecule has 1 aliphatic heterocycles. The number of aromatic amines is 1. The van der Waals surface area contributed by atoms with Gasteiger partial charge in [0.2, 0.25) is 0 Å². The van der Waals surface area contributed by atoms with Crippen LogP contribution in [0.15, 0.2) is 52.2 Å². The maximum atomic E-state index is 15.5. The van der Waals surface area contributed by atoms with Gasteiger partial charge in [0.1, 0.15) is 30.1 Å². The Morgan fingerprint density at radius 3 is 2.62 bits per heavy atom. The molecule has 2 fully saturated rings. The Balaban J connectivity index is 1.47. The lowest BCUT2D eigenvalue weighted by Gasteiger charge is -2.34. The van der Waals surface area contributed by atoms with E-state index in [0.29, 0.717) is 12.8 Å². The predicted molar refractivity (Wildman–Crippen MR) is 134 cm³/mol. The maximum Gasteiger partial charge on any atom is 0.459 e. The Hall–Kier alpha value is -2.87. The van der Waals surface area contributed by atoms with Crippen LogP contribution in [0.5, 0.6) is 5.75 Å². The van der Waals surface area contributed by atoms with E-state index >= 15 is 4.39 Å². The van der Waals surface area contributed by atoms with E-state index in [1.165, 1.54) is 19.1 Å². The highest BCUT2D eigenvalue weighted by Crippen LogP contribution is 2.47. The zero-order valence-electron chi connectivity index (χ0n) is 21.5. The van der Waals surface area contributed by atoms with Crippen molar-refractivity contribution >= 4 is 13.7 Å². The molecule has 15 heteroatoms. The number of para-hydroxylation sites is 1. The molecule has 13 nitrogen and oxygen atoms in total. The van der Waals surface area contributed by atoms with E-state index in [-0.39, 0.29) is 18.0 Å². The zero-order chi connectivity index (χ0) is 28.4. The lowest BCUT2D eigenvalue weighted by atomic mass is 9.92. The number of aliphatic hydroxyl groups excluding tert-OH is 1. The first-order valence-electron chi connectivity index (χ1n) is 12.3. The molecule has 0 spiro atoms. The van der Waals surface area contributed by atoms with Crippen LogP contribution in [-0.2, 0) is 28.1 Å². The van der Waals surface area contributed by atoms with Crippen LogP contribution in [0.3, 0.4) is 0 Å². The molecule has 1 aromatic heterocycles. The van der Waals surface area contributed by atoms with Crippen LogP contribution in [-0.4, -0.2) is 70.5 Å². The molecule has 1 aromatic carbocycles. The number of hydrogen-bond donors (Lipinski definition) is 3. The van der Waals surface area contributed by atoms with E-state index in [2.05, 4.69) is 5.09 Å². The molecule has 4 rings (SSSR count). The van der Waals surface area contributed by atoms with Gasteiger partial charge in [-0.05, 0) is 26.0 Å². The van der Waals surface area contributed by atoms with Gasteiger partial charge in [-0.15, -0.1) is 0 Å². The standard InChI is InChI=1S/C24H31FN3O10P/c1-14(21(31)36-17-11-16(12-17)34-3)27-39(33,38-15-7-5-4-6-8-15)35-13-18-20(30)24(2,25)22(37-18)28-10-9-19(29)26-23(28)32/h4-10,14,16-18,20,22,30H,11-13H2,1-3H3,(H,27,33)(H,26,29,32)/t14-,16?,17?,18+,20+,22+,24+,39+/m0/s1. The minimum absolute atomic E-state index is 0.0109. The van der Waals surface area contributed by atoms with Crippen LogP contribution in [0, 0.1) is 0 Å². The summed E-state index contributed by atoms with van der Waals surface area (Å²) >= 11 is 0. The van der Waals surface area contributed by atoms with E-state index < -0.39 is 61.7 Å². The third-order valence-electron chi connectivity index (χ3n) is 6.57. The summed E-state index contributed by atoms with van der Waals surface area (Å²) < 4.78 is 57.2. The van der Waals surface area contributed by atoms with Crippen LogP contribution in [0.25, 0.3) is 0 Å². The highest BCUT2D eigenvalue weighted by molar-refractivity contribution is 7.52. The van der Waals surface area contributed by atoms with Crippen LogP contribution in [0.4, 0.5) is 4.39 Å². The fraction of sp³-hybridized carbons (Fsp3) is 0.542. The second-order valence-electron chi connectivity index (χ2n) is 9.58. The van der Waals surface area contributed by atoms with E-state index in [0.717, 1.165) is 23.8 Å². The van der Waals surface area contributed by atoms with E-state index in [4.69, 9.17) is 23.3 Å². The van der Waals surface area contributed by atoms with Gasteiger partial charge in [-0.1, -0.05) is 18.2 Å². The van der Waals surface area contributed by atoms with Gasteiger partial charge in [0.25, 0.3) is 5.56 Å². The van der Waals surface area contributed by atoms with Crippen LogP contribution >= 0.6 is 7.75 Å². The number of carbonyl (C=O) groups excluding carboxylic acids is 1. The molecule has 1 saturated carbocycles. The number of nitrogens with zero attached hydrogens (tertiary/aromatic N) is 1. The van der Waals surface area contributed by atoms with Crippen LogP contribution in [0.2, 0.25) is 0 Å². The van der Waals surface area contributed by atoms with Crippen LogP contribution < -0.4 is 20.9 Å². The number of H-pyrrole nitrogens is 1. The monoisotopic (exact) mass is 571 g/mol. The van der Waals surface area contributed by atoms with Crippen molar-refractivity contribution in [2.24, 2.45) is 0 Å². The first-order valence-corrected chi connectivity index (χ1v) is 13.8. The smallest absolute Gasteiger partial charge is 0.459 e. The number of methoxy groups -OCH3 is 1. The maximum absolute atomic E-state index is 15.5. The van der Waals surface area contributed by atoms with Gasteiger partial charge >= 0.3 is 19.4 Å². The van der Waals surface area contributed by atoms with Crippen molar-refractivity contribution in [2.45, 2.75) is 69.0 Å². The van der Waals surface area contributed by atoms with Gasteiger partial charge in [-0.3, -0.25) is 23.7 Å². The van der Waals surface area contributed by atoms with E-state index in [1.807, 2.05) is 4.98 Å². The molecule has 2 heterocycles. The SMILES string of the molecule is COC1CC(OC(=O)[C@H](C)N[P@@](=O)(OC[C@H]2O[C@@H](n3ccc(=O)[nH]c3=O)[C@](C)(F)[C@@H]2O)Oc2ccccc2)C1. The Kier molecular flexibility index (Phi) is 8.74. The summed E-state index contributed by atoms with van der Waals surface area (Å²) in [7, 11) is -2.77. The molecule has 1 saturated heterocycles. The van der Waals surface area contributed by atoms with Crippen molar-refractivity contribution in [3.05, 3.63) is 63.4 Å². The summed E-state index contributed by atoms with van der Waals surface area (Å²) in [5.74, 6) is -0.544. The molecule has 1 aliphatic carbocycles. The number of benzene rings is 1. The normalized spacial score (nSPS) is 30.6. The fourth-order valence-electron chi connectivity index (χ4n) is 4.21. The van der Waals surface area contributed by atoms with Gasteiger partial charge in [-0.2, -0.15) is 5.09 Å². The van der Waals surface area contributed by atoms with Gasteiger partial charge in [0.05, 0.1) is 12.7 Å². The molecule has 39 heavy (non-hydrogen) atoms. The number of hydrogen-bond acceptors (Lipinski definition) is 10. The number of aromatic nitrogens is 2. The Labute approximate surface area is 222 Å². The minimum Gasteiger partial charge on any atom is -0.461 e. The average molecular weight is 571 g/mol. The van der Waals surface area contributed by atoms with Crippen molar-refractivity contribution in [3.8, 4) is 5.75 Å². The summed E-state index contributed by atoms with van der Waals surface area (Å²) in [5, 5.41) is 13.1. The number of carbonyl (C=O) groups is 1. The van der Waals surface area contributed by atoms with Gasteiger partial charge in [0, 0.05) is 32.2 Å². The fourth-order valence-corrected chi connectivity index (χ4v) is 5.71. The number of rotatable bonds is 11. The molecule has 2 aromatic rings. The van der Waals surface area contributed by atoms with Crippen molar-refractivity contribution in [1.82, 2.24) is 14.6 Å². The Morgan fingerprint density at radius 1 is 1.28 bits per heavy atom. The Bertz CT molecular complexity index is 1310. The molecular weight excluding hydrogens is 540 g/mol. The third-order valence-corrected chi connectivity index (χ3v) is 8.22. The lowest BCUT2D eigenvalue weighted by Crippen LogP contribution is -2.44. The molecule has 2 aliphatic rings. The van der Waals surface area contributed by atoms with Crippen LogP contribution in [0.1, 0.15) is 32.9 Å². The summed E-state index contributed by atoms with van der Waals surface area (Å²) in [5.41, 5.74) is -4.13. The summed E-state index contributed by atoms with van der Waals surface area (Å²) in [6, 6.07) is 7.87. The largest absolute Gasteiger partial charge is 0.461 e. The molecule has 0 bridgehead atoms. The van der Waals surface area contributed by atoms with E-state index in [9.17, 15) is 24.1 Å². The number of alkyl halides is 1. The quantitative estimate of drug-likeness (QED) is 0.264. The molecule has 0 amide bonds. The van der Waals surface area contributed by atoms with Crippen molar-refractivity contribution in [1.29, 1.82) is 0 Å². The zero-order valence-corrected chi connectivity index (χ0v) is 22.4. The molecule has 0 unspecified atom stereocenters.